The predicted octanol–water partition coefficient (Wildman–Crippen LogP) is 3.42. The minimum Gasteiger partial charge on any atom is -0.326 e. The lowest BCUT2D eigenvalue weighted by atomic mass is 9.95. The summed E-state index contributed by atoms with van der Waals surface area (Å²) in [5.74, 6) is 1.63. The Balaban J connectivity index is 2.12. The molecule has 1 aliphatic heterocycles. The third kappa shape index (κ3) is 2.95. The fraction of sp³-hybridized carbons (Fsp3) is 0.733. The molecule has 0 radical (unpaired) electrons. The lowest BCUT2D eigenvalue weighted by Gasteiger charge is -2.30. The van der Waals surface area contributed by atoms with Gasteiger partial charge in [0.05, 0.1) is 6.04 Å². The molecule has 2 nitrogen and oxygen atoms in total. The fourth-order valence-electron chi connectivity index (χ4n) is 3.00. The lowest BCUT2D eigenvalue weighted by molar-refractivity contribution is 0.207. The maximum atomic E-state index is 6.24. The van der Waals surface area contributed by atoms with Crippen LogP contribution in [0.1, 0.15) is 43.0 Å². The van der Waals surface area contributed by atoms with Crippen LogP contribution in [0.25, 0.3) is 0 Å². The zero-order chi connectivity index (χ0) is 13.3. The van der Waals surface area contributed by atoms with E-state index in [0.717, 1.165) is 11.8 Å². The van der Waals surface area contributed by atoms with Gasteiger partial charge in [0.1, 0.15) is 0 Å². The Bertz CT molecular complexity index is 384. The van der Waals surface area contributed by atoms with Crippen LogP contribution >= 0.6 is 11.3 Å². The van der Waals surface area contributed by atoms with Crippen molar-refractivity contribution in [2.75, 3.05) is 13.1 Å². The minimum atomic E-state index is 0.203. The van der Waals surface area contributed by atoms with Crippen LogP contribution in [0.15, 0.2) is 12.1 Å². The van der Waals surface area contributed by atoms with E-state index in [9.17, 15) is 0 Å². The van der Waals surface area contributed by atoms with E-state index in [4.69, 9.17) is 5.73 Å². The Labute approximate surface area is 115 Å². The normalized spacial score (nSPS) is 24.7. The standard InChI is InChI=1S/C15H26N2S/c1-10(2)13-7-8-17(9-13)15(12(4)16)14-6-5-11(3)18-14/h5-6,10,12-13,15H,7-9,16H2,1-4H3. The summed E-state index contributed by atoms with van der Waals surface area (Å²) in [4.78, 5) is 5.42. The molecule has 0 saturated carbocycles. The summed E-state index contributed by atoms with van der Waals surface area (Å²) in [7, 11) is 0. The minimum absolute atomic E-state index is 0.203. The molecule has 1 aromatic rings. The molecule has 1 fully saturated rings. The molecule has 2 N–H and O–H groups in total. The summed E-state index contributed by atoms with van der Waals surface area (Å²) in [5.41, 5.74) is 6.24. The van der Waals surface area contributed by atoms with Crippen LogP contribution in [-0.4, -0.2) is 24.0 Å². The second-order valence-electron chi connectivity index (χ2n) is 6.04. The maximum Gasteiger partial charge on any atom is 0.0590 e. The van der Waals surface area contributed by atoms with Gasteiger partial charge in [0.2, 0.25) is 0 Å². The van der Waals surface area contributed by atoms with E-state index in [2.05, 4.69) is 44.7 Å². The van der Waals surface area contributed by atoms with Crippen molar-refractivity contribution < 1.29 is 0 Å². The molecule has 2 heterocycles. The van der Waals surface area contributed by atoms with Gasteiger partial charge >= 0.3 is 0 Å². The van der Waals surface area contributed by atoms with Crippen LogP contribution in [0.4, 0.5) is 0 Å². The molecular weight excluding hydrogens is 240 g/mol. The van der Waals surface area contributed by atoms with Gasteiger partial charge in [-0.3, -0.25) is 4.90 Å². The summed E-state index contributed by atoms with van der Waals surface area (Å²) in [5, 5.41) is 0. The molecule has 1 aromatic heterocycles. The quantitative estimate of drug-likeness (QED) is 0.905. The van der Waals surface area contributed by atoms with Gasteiger partial charge < -0.3 is 5.73 Å². The van der Waals surface area contributed by atoms with Gasteiger partial charge in [-0.25, -0.2) is 0 Å². The molecule has 1 saturated heterocycles. The van der Waals surface area contributed by atoms with Gasteiger partial charge in [0.25, 0.3) is 0 Å². The smallest absolute Gasteiger partial charge is 0.0590 e. The van der Waals surface area contributed by atoms with Crippen molar-refractivity contribution in [3.05, 3.63) is 21.9 Å². The molecule has 0 spiro atoms. The second kappa shape index (κ2) is 5.72. The van der Waals surface area contributed by atoms with Gasteiger partial charge in [0, 0.05) is 22.3 Å². The highest BCUT2D eigenvalue weighted by molar-refractivity contribution is 7.12. The van der Waals surface area contributed by atoms with Crippen molar-refractivity contribution in [1.29, 1.82) is 0 Å². The number of nitrogens with zero attached hydrogens (tertiary/aromatic N) is 1. The molecular formula is C15H26N2S. The van der Waals surface area contributed by atoms with Gasteiger partial charge in [-0.2, -0.15) is 0 Å². The highest BCUT2D eigenvalue weighted by atomic mass is 32.1. The molecule has 18 heavy (non-hydrogen) atoms. The Morgan fingerprint density at radius 2 is 2.06 bits per heavy atom. The van der Waals surface area contributed by atoms with Crippen LogP contribution in [0.3, 0.4) is 0 Å². The van der Waals surface area contributed by atoms with Crippen LogP contribution in [0, 0.1) is 18.8 Å². The van der Waals surface area contributed by atoms with Gasteiger partial charge in [-0.05, 0) is 50.8 Å². The number of hydrogen-bond acceptors (Lipinski definition) is 3. The van der Waals surface area contributed by atoms with Crippen LogP contribution < -0.4 is 5.73 Å². The largest absolute Gasteiger partial charge is 0.326 e. The van der Waals surface area contributed by atoms with Crippen molar-refractivity contribution in [1.82, 2.24) is 4.90 Å². The van der Waals surface area contributed by atoms with E-state index in [1.165, 1.54) is 29.3 Å². The fourth-order valence-corrected chi connectivity index (χ4v) is 4.12. The summed E-state index contributed by atoms with van der Waals surface area (Å²) in [6, 6.07) is 5.09. The van der Waals surface area contributed by atoms with Crippen molar-refractivity contribution in [3.8, 4) is 0 Å². The number of nitrogens with two attached hydrogens (primary N) is 1. The summed E-state index contributed by atoms with van der Waals surface area (Å²) >= 11 is 1.90. The summed E-state index contributed by atoms with van der Waals surface area (Å²) in [6.45, 7) is 11.4. The van der Waals surface area contributed by atoms with Crippen molar-refractivity contribution in [3.63, 3.8) is 0 Å². The Kier molecular flexibility index (Phi) is 4.46. The van der Waals surface area contributed by atoms with E-state index in [1.54, 1.807) is 0 Å². The average Bonchev–Trinajstić information content (AvgIpc) is 2.88. The number of rotatable bonds is 4. The zero-order valence-corrected chi connectivity index (χ0v) is 12.8. The van der Waals surface area contributed by atoms with E-state index in [0.29, 0.717) is 6.04 Å². The highest BCUT2D eigenvalue weighted by Crippen LogP contribution is 2.35. The maximum absolute atomic E-state index is 6.24. The molecule has 3 unspecified atom stereocenters. The lowest BCUT2D eigenvalue weighted by Crippen LogP contribution is -2.38. The molecule has 3 atom stereocenters. The van der Waals surface area contributed by atoms with Crippen molar-refractivity contribution in [2.45, 2.75) is 46.2 Å². The molecule has 0 amide bonds. The van der Waals surface area contributed by atoms with Gasteiger partial charge in [-0.1, -0.05) is 13.8 Å². The SMILES string of the molecule is Cc1ccc(C(C(C)N)N2CCC(C(C)C)C2)s1. The monoisotopic (exact) mass is 266 g/mol. The first-order valence-electron chi connectivity index (χ1n) is 7.05. The average molecular weight is 266 g/mol. The first-order valence-corrected chi connectivity index (χ1v) is 7.86. The summed E-state index contributed by atoms with van der Waals surface area (Å²) < 4.78 is 0. The van der Waals surface area contributed by atoms with Crippen LogP contribution in [-0.2, 0) is 0 Å². The second-order valence-corrected chi connectivity index (χ2v) is 7.36. The number of thiophene rings is 1. The van der Waals surface area contributed by atoms with E-state index in [1.807, 2.05) is 11.3 Å². The number of likely N-dealkylation sites (tertiary alicyclic amines) is 1. The van der Waals surface area contributed by atoms with Crippen molar-refractivity contribution in [2.24, 2.45) is 17.6 Å². The highest BCUT2D eigenvalue weighted by Gasteiger charge is 2.32. The molecule has 1 aliphatic rings. The Morgan fingerprint density at radius 1 is 1.33 bits per heavy atom. The van der Waals surface area contributed by atoms with Crippen LogP contribution in [0.2, 0.25) is 0 Å². The zero-order valence-electron chi connectivity index (χ0n) is 12.0. The first-order chi connectivity index (χ1) is 8.49. The van der Waals surface area contributed by atoms with Gasteiger partial charge in [-0.15, -0.1) is 11.3 Å². The van der Waals surface area contributed by atoms with Gasteiger partial charge in [0.15, 0.2) is 0 Å². The third-order valence-electron chi connectivity index (χ3n) is 4.14. The molecule has 0 bridgehead atoms. The molecule has 102 valence electrons. The molecule has 3 heteroatoms. The Morgan fingerprint density at radius 3 is 2.50 bits per heavy atom. The predicted molar refractivity (Wildman–Crippen MR) is 80.0 cm³/mol. The number of aryl methyl sites for hydroxylation is 1. The molecule has 0 aromatic carbocycles. The number of hydrogen-bond donors (Lipinski definition) is 1. The summed E-state index contributed by atoms with van der Waals surface area (Å²) in [6.07, 6.45) is 1.32. The first kappa shape index (κ1) is 14.0. The Hall–Kier alpha value is -0.380. The van der Waals surface area contributed by atoms with Crippen molar-refractivity contribution >= 4 is 11.3 Å². The van der Waals surface area contributed by atoms with E-state index < -0.39 is 0 Å². The van der Waals surface area contributed by atoms with Crippen LogP contribution in [0.5, 0.6) is 0 Å². The third-order valence-corrected chi connectivity index (χ3v) is 5.21. The van der Waals surface area contributed by atoms with E-state index >= 15 is 0 Å². The molecule has 2 rings (SSSR count). The topological polar surface area (TPSA) is 29.3 Å². The van der Waals surface area contributed by atoms with E-state index in [-0.39, 0.29) is 6.04 Å². The molecule has 0 aliphatic carbocycles.